The molecule has 2 aromatic rings. The summed E-state index contributed by atoms with van der Waals surface area (Å²) in [6.07, 6.45) is 5.43. The Kier molecular flexibility index (Phi) is 3.75. The zero-order valence-corrected chi connectivity index (χ0v) is 12.8. The molecule has 1 aliphatic carbocycles. The number of fused-ring (bicyclic) bond motifs is 1. The Morgan fingerprint density at radius 1 is 1.05 bits per heavy atom. The van der Waals surface area contributed by atoms with E-state index < -0.39 is 0 Å². The van der Waals surface area contributed by atoms with Crippen LogP contribution in [0.25, 0.3) is 10.9 Å². The summed E-state index contributed by atoms with van der Waals surface area (Å²) in [5.74, 6) is 0. The first kappa shape index (κ1) is 13.6. The molecule has 0 unspecified atom stereocenters. The Bertz CT molecular complexity index is 625. The third-order valence-corrected chi connectivity index (χ3v) is 4.57. The minimum absolute atomic E-state index is 0.713. The maximum Gasteiger partial charge on any atom is 0.0711 e. The van der Waals surface area contributed by atoms with Crippen LogP contribution in [-0.2, 0) is 6.54 Å². The SMILES string of the molecule is Cc1cc(CNC2CCCC2)c2cc(C)c(C)cc2n1. The molecular weight excluding hydrogens is 244 g/mol. The highest BCUT2D eigenvalue weighted by Gasteiger charge is 2.15. The lowest BCUT2D eigenvalue weighted by Crippen LogP contribution is -2.25. The van der Waals surface area contributed by atoms with Gasteiger partial charge < -0.3 is 5.32 Å². The first-order valence-electron chi connectivity index (χ1n) is 7.74. The van der Waals surface area contributed by atoms with Gasteiger partial charge in [0.1, 0.15) is 0 Å². The Morgan fingerprint density at radius 3 is 2.50 bits per heavy atom. The highest BCUT2D eigenvalue weighted by Crippen LogP contribution is 2.24. The van der Waals surface area contributed by atoms with E-state index >= 15 is 0 Å². The molecule has 0 atom stereocenters. The lowest BCUT2D eigenvalue weighted by Gasteiger charge is -2.15. The minimum atomic E-state index is 0.713. The molecule has 1 N–H and O–H groups in total. The van der Waals surface area contributed by atoms with Crippen LogP contribution in [0.4, 0.5) is 0 Å². The molecule has 0 radical (unpaired) electrons. The maximum atomic E-state index is 4.69. The highest BCUT2D eigenvalue weighted by atomic mass is 14.9. The van der Waals surface area contributed by atoms with Crippen LogP contribution in [0.5, 0.6) is 0 Å². The van der Waals surface area contributed by atoms with E-state index in [1.54, 1.807) is 0 Å². The van der Waals surface area contributed by atoms with Gasteiger partial charge >= 0.3 is 0 Å². The monoisotopic (exact) mass is 268 g/mol. The van der Waals surface area contributed by atoms with Gasteiger partial charge in [0.2, 0.25) is 0 Å². The number of pyridine rings is 1. The van der Waals surface area contributed by atoms with E-state index in [9.17, 15) is 0 Å². The Balaban J connectivity index is 1.93. The number of nitrogens with zero attached hydrogens (tertiary/aromatic N) is 1. The predicted molar refractivity (Wildman–Crippen MR) is 85.0 cm³/mol. The fourth-order valence-electron chi connectivity index (χ4n) is 3.23. The fraction of sp³-hybridized carbons (Fsp3) is 0.500. The molecule has 2 nitrogen and oxygen atoms in total. The van der Waals surface area contributed by atoms with E-state index in [-0.39, 0.29) is 0 Å². The van der Waals surface area contributed by atoms with Crippen molar-refractivity contribution >= 4 is 10.9 Å². The van der Waals surface area contributed by atoms with Gasteiger partial charge in [-0.25, -0.2) is 0 Å². The topological polar surface area (TPSA) is 24.9 Å². The quantitative estimate of drug-likeness (QED) is 0.902. The van der Waals surface area contributed by atoms with Crippen LogP contribution in [0.1, 0.15) is 48.1 Å². The molecule has 1 fully saturated rings. The summed E-state index contributed by atoms with van der Waals surface area (Å²) in [7, 11) is 0. The number of hydrogen-bond acceptors (Lipinski definition) is 2. The molecule has 0 amide bonds. The number of hydrogen-bond donors (Lipinski definition) is 1. The Morgan fingerprint density at radius 2 is 1.75 bits per heavy atom. The van der Waals surface area contributed by atoms with E-state index in [1.807, 2.05) is 0 Å². The average molecular weight is 268 g/mol. The van der Waals surface area contributed by atoms with Gasteiger partial charge in [0, 0.05) is 23.7 Å². The third-order valence-electron chi connectivity index (χ3n) is 4.57. The summed E-state index contributed by atoms with van der Waals surface area (Å²) in [6.45, 7) is 7.40. The smallest absolute Gasteiger partial charge is 0.0711 e. The summed E-state index contributed by atoms with van der Waals surface area (Å²) in [4.78, 5) is 4.69. The molecule has 0 spiro atoms. The van der Waals surface area contributed by atoms with E-state index in [1.165, 1.54) is 47.8 Å². The number of aromatic nitrogens is 1. The first-order valence-corrected chi connectivity index (χ1v) is 7.74. The van der Waals surface area contributed by atoms with Crippen molar-refractivity contribution in [2.75, 3.05) is 0 Å². The number of aryl methyl sites for hydroxylation is 3. The second kappa shape index (κ2) is 5.53. The molecule has 1 aromatic carbocycles. The van der Waals surface area contributed by atoms with Crippen molar-refractivity contribution in [3.63, 3.8) is 0 Å². The van der Waals surface area contributed by atoms with Crippen LogP contribution in [0.3, 0.4) is 0 Å². The largest absolute Gasteiger partial charge is 0.310 e. The van der Waals surface area contributed by atoms with Crippen LogP contribution in [0.15, 0.2) is 18.2 Å². The molecule has 0 bridgehead atoms. The van der Waals surface area contributed by atoms with Crippen molar-refractivity contribution in [3.8, 4) is 0 Å². The van der Waals surface area contributed by atoms with Gasteiger partial charge in [0.05, 0.1) is 5.52 Å². The lowest BCUT2D eigenvalue weighted by molar-refractivity contribution is 0.525. The minimum Gasteiger partial charge on any atom is -0.310 e. The van der Waals surface area contributed by atoms with Gasteiger partial charge in [-0.1, -0.05) is 12.8 Å². The molecule has 1 aliphatic rings. The van der Waals surface area contributed by atoms with Crippen LogP contribution < -0.4 is 5.32 Å². The molecule has 0 saturated heterocycles. The molecule has 3 rings (SSSR count). The van der Waals surface area contributed by atoms with Crippen molar-refractivity contribution in [3.05, 3.63) is 40.6 Å². The molecule has 1 heterocycles. The molecule has 106 valence electrons. The summed E-state index contributed by atoms with van der Waals surface area (Å²) >= 11 is 0. The van der Waals surface area contributed by atoms with Gasteiger partial charge in [-0.05, 0) is 68.5 Å². The van der Waals surface area contributed by atoms with Gasteiger partial charge in [-0.3, -0.25) is 4.98 Å². The van der Waals surface area contributed by atoms with E-state index in [0.717, 1.165) is 17.8 Å². The highest BCUT2D eigenvalue weighted by molar-refractivity contribution is 5.84. The molecule has 20 heavy (non-hydrogen) atoms. The van der Waals surface area contributed by atoms with Gasteiger partial charge in [-0.15, -0.1) is 0 Å². The number of benzene rings is 1. The average Bonchev–Trinajstić information content (AvgIpc) is 2.91. The van der Waals surface area contributed by atoms with Crippen molar-refractivity contribution in [1.29, 1.82) is 0 Å². The third kappa shape index (κ3) is 2.71. The maximum absolute atomic E-state index is 4.69. The molecular formula is C18H24N2. The summed E-state index contributed by atoms with van der Waals surface area (Å²) in [5.41, 5.74) is 6.32. The van der Waals surface area contributed by atoms with Crippen molar-refractivity contribution < 1.29 is 0 Å². The fourth-order valence-corrected chi connectivity index (χ4v) is 3.23. The number of rotatable bonds is 3. The molecule has 0 aliphatic heterocycles. The zero-order chi connectivity index (χ0) is 14.1. The van der Waals surface area contributed by atoms with E-state index in [2.05, 4.69) is 44.3 Å². The van der Waals surface area contributed by atoms with E-state index in [0.29, 0.717) is 6.04 Å². The van der Waals surface area contributed by atoms with Gasteiger partial charge in [0.15, 0.2) is 0 Å². The molecule has 1 saturated carbocycles. The van der Waals surface area contributed by atoms with Crippen LogP contribution in [-0.4, -0.2) is 11.0 Å². The molecule has 1 aromatic heterocycles. The van der Waals surface area contributed by atoms with Crippen LogP contribution in [0, 0.1) is 20.8 Å². The van der Waals surface area contributed by atoms with Gasteiger partial charge in [-0.2, -0.15) is 0 Å². The van der Waals surface area contributed by atoms with Crippen molar-refractivity contribution in [2.24, 2.45) is 0 Å². The zero-order valence-electron chi connectivity index (χ0n) is 12.8. The second-order valence-electron chi connectivity index (χ2n) is 6.24. The Labute approximate surface area is 121 Å². The molecule has 2 heteroatoms. The van der Waals surface area contributed by atoms with Crippen molar-refractivity contribution in [1.82, 2.24) is 10.3 Å². The standard InChI is InChI=1S/C18H24N2/c1-12-8-17-15(11-19-16-6-4-5-7-16)10-14(3)20-18(17)9-13(12)2/h8-10,16,19H,4-7,11H2,1-3H3. The summed E-state index contributed by atoms with van der Waals surface area (Å²) < 4.78 is 0. The van der Waals surface area contributed by atoms with E-state index in [4.69, 9.17) is 4.98 Å². The van der Waals surface area contributed by atoms with Gasteiger partial charge in [0.25, 0.3) is 0 Å². The van der Waals surface area contributed by atoms with Crippen LogP contribution in [0.2, 0.25) is 0 Å². The number of nitrogens with one attached hydrogen (secondary N) is 1. The lowest BCUT2D eigenvalue weighted by atomic mass is 10.0. The van der Waals surface area contributed by atoms with Crippen molar-refractivity contribution in [2.45, 2.75) is 59.0 Å². The van der Waals surface area contributed by atoms with Crippen LogP contribution >= 0.6 is 0 Å². The Hall–Kier alpha value is -1.41. The predicted octanol–water partition coefficient (Wildman–Crippen LogP) is 4.19. The summed E-state index contributed by atoms with van der Waals surface area (Å²) in [6, 6.07) is 7.46. The second-order valence-corrected chi connectivity index (χ2v) is 6.24. The summed E-state index contributed by atoms with van der Waals surface area (Å²) in [5, 5.41) is 5.03. The first-order chi connectivity index (χ1) is 9.63. The normalized spacial score (nSPS) is 16.1.